The molecule has 0 saturated carbocycles. The Labute approximate surface area is 114 Å². The molecule has 0 bridgehead atoms. The molecule has 1 saturated heterocycles. The molecule has 0 radical (unpaired) electrons. The molecule has 1 aromatic carbocycles. The van der Waals surface area contributed by atoms with Gasteiger partial charge in [-0.1, -0.05) is 11.6 Å². The third-order valence-corrected chi connectivity index (χ3v) is 3.75. The van der Waals surface area contributed by atoms with Crippen molar-refractivity contribution in [1.29, 1.82) is 0 Å². The van der Waals surface area contributed by atoms with Gasteiger partial charge in [-0.2, -0.15) is 0 Å². The predicted molar refractivity (Wildman–Crippen MR) is 70.1 cm³/mol. The van der Waals surface area contributed by atoms with Gasteiger partial charge in [-0.15, -0.1) is 0 Å². The molecule has 7 heteroatoms. The van der Waals surface area contributed by atoms with Crippen molar-refractivity contribution in [2.45, 2.75) is 19.4 Å². The van der Waals surface area contributed by atoms with Crippen LogP contribution < -0.4 is 4.90 Å². The van der Waals surface area contributed by atoms with Gasteiger partial charge in [-0.25, -0.2) is 4.39 Å². The van der Waals surface area contributed by atoms with E-state index in [1.54, 1.807) is 11.8 Å². The lowest BCUT2D eigenvalue weighted by Crippen LogP contribution is -2.24. The van der Waals surface area contributed by atoms with Crippen LogP contribution >= 0.6 is 11.6 Å². The minimum atomic E-state index is -0.802. The van der Waals surface area contributed by atoms with Gasteiger partial charge in [0.2, 0.25) is 0 Å². The van der Waals surface area contributed by atoms with Crippen molar-refractivity contribution in [3.63, 3.8) is 0 Å². The molecule has 1 aliphatic rings. The van der Waals surface area contributed by atoms with Crippen molar-refractivity contribution in [2.75, 3.05) is 18.0 Å². The van der Waals surface area contributed by atoms with Crippen LogP contribution in [-0.4, -0.2) is 29.2 Å². The fourth-order valence-corrected chi connectivity index (χ4v) is 2.48. The Kier molecular flexibility index (Phi) is 3.91. The SMILES string of the molecule is CC(O)C1CCN(c2cc(Cl)c(F)cc2[N+](=O)[O-])C1. The van der Waals surface area contributed by atoms with Crippen molar-refractivity contribution in [1.82, 2.24) is 0 Å². The third kappa shape index (κ3) is 2.79. The molecule has 19 heavy (non-hydrogen) atoms. The number of aliphatic hydroxyl groups excluding tert-OH is 1. The summed E-state index contributed by atoms with van der Waals surface area (Å²) in [5.74, 6) is -0.744. The lowest BCUT2D eigenvalue weighted by Gasteiger charge is -2.19. The highest BCUT2D eigenvalue weighted by Gasteiger charge is 2.30. The minimum Gasteiger partial charge on any atom is -0.393 e. The normalized spacial score (nSPS) is 20.6. The Morgan fingerprint density at radius 1 is 1.63 bits per heavy atom. The summed E-state index contributed by atoms with van der Waals surface area (Å²) >= 11 is 5.69. The number of hydrogen-bond donors (Lipinski definition) is 1. The molecule has 0 amide bonds. The van der Waals surface area contributed by atoms with Gasteiger partial charge in [0, 0.05) is 19.0 Å². The quantitative estimate of drug-likeness (QED) is 0.686. The minimum absolute atomic E-state index is 0.0587. The second-order valence-electron chi connectivity index (χ2n) is 4.75. The molecule has 1 aromatic rings. The number of benzene rings is 1. The highest BCUT2D eigenvalue weighted by Crippen LogP contribution is 2.36. The van der Waals surface area contributed by atoms with E-state index >= 15 is 0 Å². The van der Waals surface area contributed by atoms with E-state index in [9.17, 15) is 19.6 Å². The van der Waals surface area contributed by atoms with E-state index in [1.807, 2.05) is 0 Å². The van der Waals surface area contributed by atoms with Gasteiger partial charge in [0.05, 0.1) is 22.1 Å². The van der Waals surface area contributed by atoms with E-state index in [2.05, 4.69) is 0 Å². The molecule has 2 rings (SSSR count). The van der Waals surface area contributed by atoms with Gasteiger partial charge in [0.1, 0.15) is 11.5 Å². The Morgan fingerprint density at radius 3 is 2.84 bits per heavy atom. The van der Waals surface area contributed by atoms with Gasteiger partial charge in [-0.05, 0) is 19.4 Å². The maximum Gasteiger partial charge on any atom is 0.295 e. The van der Waals surface area contributed by atoms with Gasteiger partial charge in [-0.3, -0.25) is 10.1 Å². The predicted octanol–water partition coefficient (Wildman–Crippen LogP) is 2.59. The summed E-state index contributed by atoms with van der Waals surface area (Å²) in [6.07, 6.45) is 0.268. The van der Waals surface area contributed by atoms with Crippen molar-refractivity contribution >= 4 is 23.0 Å². The zero-order chi connectivity index (χ0) is 14.2. The van der Waals surface area contributed by atoms with Gasteiger partial charge >= 0.3 is 0 Å². The van der Waals surface area contributed by atoms with E-state index in [0.29, 0.717) is 18.8 Å². The van der Waals surface area contributed by atoms with E-state index in [-0.39, 0.29) is 16.6 Å². The van der Waals surface area contributed by atoms with Crippen molar-refractivity contribution in [3.05, 3.63) is 33.1 Å². The first-order chi connectivity index (χ1) is 8.90. The maximum absolute atomic E-state index is 13.3. The van der Waals surface area contributed by atoms with E-state index in [1.165, 1.54) is 6.07 Å². The number of anilines is 1. The number of halogens is 2. The molecule has 2 atom stereocenters. The van der Waals surface area contributed by atoms with Crippen molar-refractivity contribution in [3.8, 4) is 0 Å². The van der Waals surface area contributed by atoms with Crippen LogP contribution in [0.3, 0.4) is 0 Å². The zero-order valence-corrected chi connectivity index (χ0v) is 11.1. The van der Waals surface area contributed by atoms with Crippen LogP contribution in [0.1, 0.15) is 13.3 Å². The monoisotopic (exact) mass is 288 g/mol. The molecule has 2 unspecified atom stereocenters. The van der Waals surface area contributed by atoms with Gasteiger partial charge in [0.15, 0.2) is 0 Å². The summed E-state index contributed by atoms with van der Waals surface area (Å²) in [6.45, 7) is 2.78. The maximum atomic E-state index is 13.3. The molecule has 0 spiro atoms. The summed E-state index contributed by atoms with van der Waals surface area (Å²) in [6, 6.07) is 2.12. The average Bonchev–Trinajstić information content (AvgIpc) is 2.81. The second-order valence-corrected chi connectivity index (χ2v) is 5.15. The van der Waals surface area contributed by atoms with Crippen LogP contribution in [0.2, 0.25) is 5.02 Å². The molecular formula is C12H14ClFN2O3. The number of hydrogen-bond acceptors (Lipinski definition) is 4. The largest absolute Gasteiger partial charge is 0.393 e. The van der Waals surface area contributed by atoms with Crippen LogP contribution in [-0.2, 0) is 0 Å². The Balaban J connectivity index is 2.34. The Morgan fingerprint density at radius 2 is 2.32 bits per heavy atom. The number of rotatable bonds is 3. The van der Waals surface area contributed by atoms with Crippen LogP contribution in [0.4, 0.5) is 15.8 Å². The number of nitrogens with zero attached hydrogens (tertiary/aromatic N) is 2. The fraction of sp³-hybridized carbons (Fsp3) is 0.500. The average molecular weight is 289 g/mol. The molecule has 1 aliphatic heterocycles. The lowest BCUT2D eigenvalue weighted by molar-refractivity contribution is -0.384. The first kappa shape index (κ1) is 14.0. The highest BCUT2D eigenvalue weighted by molar-refractivity contribution is 6.31. The number of nitro benzene ring substituents is 1. The molecule has 0 aliphatic carbocycles. The van der Waals surface area contributed by atoms with Crippen molar-refractivity contribution in [2.24, 2.45) is 5.92 Å². The summed E-state index contributed by atoms with van der Waals surface area (Å²) in [5.41, 5.74) is 0.00712. The van der Waals surface area contributed by atoms with Crippen LogP contribution in [0.25, 0.3) is 0 Å². The van der Waals surface area contributed by atoms with Crippen LogP contribution in [0.5, 0.6) is 0 Å². The van der Waals surface area contributed by atoms with Crippen molar-refractivity contribution < 1.29 is 14.4 Å². The third-order valence-electron chi connectivity index (χ3n) is 3.46. The molecule has 5 nitrogen and oxygen atoms in total. The molecule has 1 fully saturated rings. The van der Waals surface area contributed by atoms with E-state index < -0.39 is 16.8 Å². The van der Waals surface area contributed by atoms with E-state index in [0.717, 1.165) is 12.5 Å². The number of aliphatic hydroxyl groups is 1. The van der Waals surface area contributed by atoms with Gasteiger partial charge < -0.3 is 10.0 Å². The first-order valence-electron chi connectivity index (χ1n) is 5.96. The van der Waals surface area contributed by atoms with Gasteiger partial charge in [0.25, 0.3) is 5.69 Å². The first-order valence-corrected chi connectivity index (χ1v) is 6.34. The summed E-state index contributed by atoms with van der Waals surface area (Å²) in [4.78, 5) is 12.1. The smallest absolute Gasteiger partial charge is 0.295 e. The lowest BCUT2D eigenvalue weighted by atomic mass is 10.0. The summed E-state index contributed by atoms with van der Waals surface area (Å²) < 4.78 is 13.3. The Bertz CT molecular complexity index is 510. The zero-order valence-electron chi connectivity index (χ0n) is 10.3. The molecule has 1 N–H and O–H groups in total. The summed E-state index contributed by atoms with van der Waals surface area (Å²) in [7, 11) is 0. The fourth-order valence-electron chi connectivity index (χ4n) is 2.33. The van der Waals surface area contributed by atoms with E-state index in [4.69, 9.17) is 11.6 Å². The van der Waals surface area contributed by atoms with Crippen LogP contribution in [0.15, 0.2) is 12.1 Å². The highest BCUT2D eigenvalue weighted by atomic mass is 35.5. The molecule has 0 aromatic heterocycles. The Hall–Kier alpha value is -1.40. The molecule has 104 valence electrons. The molecule has 1 heterocycles. The molecular weight excluding hydrogens is 275 g/mol. The number of nitro groups is 1. The van der Waals surface area contributed by atoms with Crippen LogP contribution in [0, 0.1) is 21.8 Å². The topological polar surface area (TPSA) is 66.6 Å². The standard InChI is InChI=1S/C12H14ClFN2O3/c1-7(17)8-2-3-15(6-8)11-4-9(13)10(14)5-12(11)16(18)19/h4-5,7-8,17H,2-3,6H2,1H3. The summed E-state index contributed by atoms with van der Waals surface area (Å²) in [5, 5.41) is 20.4. The second kappa shape index (κ2) is 5.30.